The zero-order valence-corrected chi connectivity index (χ0v) is 10.5. The molecule has 2 rings (SSSR count). The van der Waals surface area contributed by atoms with E-state index >= 15 is 0 Å². The molecule has 0 spiro atoms. The van der Waals surface area contributed by atoms with Crippen LogP contribution in [0.1, 0.15) is 34.6 Å². The number of aryl methyl sites for hydroxylation is 1. The first-order valence-corrected chi connectivity index (χ1v) is 5.61. The Morgan fingerprint density at radius 2 is 1.81 bits per heavy atom. The van der Waals surface area contributed by atoms with Crippen molar-refractivity contribution in [2.75, 3.05) is 0 Å². The van der Waals surface area contributed by atoms with Gasteiger partial charge in [-0.05, 0) is 34.6 Å². The number of rotatable bonds is 2. The fourth-order valence-electron chi connectivity index (χ4n) is 1.53. The van der Waals surface area contributed by atoms with Crippen LogP contribution in [0.2, 0.25) is 0 Å². The lowest BCUT2D eigenvalue weighted by Gasteiger charge is -2.32. The SMILES string of the molecule is CCn1ncc(B2OC(C)(C)C(C)(C)O2)n1. The average Bonchev–Trinajstić information content (AvgIpc) is 2.70. The average molecular weight is 223 g/mol. The standard InChI is InChI=1S/C10H18BN3O2/c1-6-14-12-7-8(13-14)11-15-9(2,3)10(4,5)16-11/h7H,6H2,1-5H3. The molecular weight excluding hydrogens is 205 g/mol. The molecule has 0 aromatic carbocycles. The molecule has 16 heavy (non-hydrogen) atoms. The van der Waals surface area contributed by atoms with Crippen molar-refractivity contribution in [2.45, 2.75) is 52.4 Å². The van der Waals surface area contributed by atoms with Crippen LogP contribution in [-0.4, -0.2) is 33.3 Å². The molecule has 6 heteroatoms. The van der Waals surface area contributed by atoms with E-state index in [1.54, 1.807) is 11.0 Å². The zero-order chi connectivity index (χ0) is 12.0. The smallest absolute Gasteiger partial charge is 0.398 e. The summed E-state index contributed by atoms with van der Waals surface area (Å²) in [5.74, 6) is 0. The quantitative estimate of drug-likeness (QED) is 0.689. The van der Waals surface area contributed by atoms with Gasteiger partial charge in [0.25, 0.3) is 0 Å². The maximum absolute atomic E-state index is 5.87. The molecule has 1 aromatic rings. The zero-order valence-electron chi connectivity index (χ0n) is 10.5. The third kappa shape index (κ3) is 1.76. The topological polar surface area (TPSA) is 49.2 Å². The lowest BCUT2D eigenvalue weighted by Crippen LogP contribution is -2.41. The molecule has 1 aromatic heterocycles. The Kier molecular flexibility index (Phi) is 2.59. The van der Waals surface area contributed by atoms with Gasteiger partial charge in [0.05, 0.1) is 23.9 Å². The van der Waals surface area contributed by atoms with Gasteiger partial charge in [0.2, 0.25) is 0 Å². The summed E-state index contributed by atoms with van der Waals surface area (Å²) in [6, 6.07) is 0. The van der Waals surface area contributed by atoms with E-state index in [9.17, 15) is 0 Å². The van der Waals surface area contributed by atoms with Crippen LogP contribution in [0.4, 0.5) is 0 Å². The minimum absolute atomic E-state index is 0.326. The number of nitrogens with zero attached hydrogens (tertiary/aromatic N) is 3. The van der Waals surface area contributed by atoms with Crippen LogP contribution in [0.5, 0.6) is 0 Å². The monoisotopic (exact) mass is 223 g/mol. The molecule has 1 saturated heterocycles. The predicted molar refractivity (Wildman–Crippen MR) is 61.4 cm³/mol. The highest BCUT2D eigenvalue weighted by atomic mass is 16.7. The van der Waals surface area contributed by atoms with Gasteiger partial charge in [-0.2, -0.15) is 15.0 Å². The van der Waals surface area contributed by atoms with Crippen molar-refractivity contribution < 1.29 is 9.31 Å². The third-order valence-corrected chi connectivity index (χ3v) is 3.33. The highest BCUT2D eigenvalue weighted by Crippen LogP contribution is 2.36. The summed E-state index contributed by atoms with van der Waals surface area (Å²) < 4.78 is 11.7. The molecule has 0 saturated carbocycles. The van der Waals surface area contributed by atoms with Gasteiger partial charge in [0, 0.05) is 0 Å². The van der Waals surface area contributed by atoms with Gasteiger partial charge in [-0.3, -0.25) is 0 Å². The second-order valence-corrected chi connectivity index (χ2v) is 5.05. The molecule has 1 fully saturated rings. The lowest BCUT2D eigenvalue weighted by atomic mass is 9.86. The van der Waals surface area contributed by atoms with Crippen LogP contribution in [-0.2, 0) is 15.9 Å². The molecular formula is C10H18BN3O2. The van der Waals surface area contributed by atoms with Crippen molar-refractivity contribution in [2.24, 2.45) is 0 Å². The van der Waals surface area contributed by atoms with E-state index in [1.807, 2.05) is 34.6 Å². The normalized spacial score (nSPS) is 22.7. The fourth-order valence-corrected chi connectivity index (χ4v) is 1.53. The van der Waals surface area contributed by atoms with Crippen molar-refractivity contribution >= 4 is 12.7 Å². The van der Waals surface area contributed by atoms with Crippen molar-refractivity contribution in [1.29, 1.82) is 0 Å². The van der Waals surface area contributed by atoms with Crippen LogP contribution in [0.15, 0.2) is 6.20 Å². The Balaban J connectivity index is 2.20. The van der Waals surface area contributed by atoms with E-state index in [0.29, 0.717) is 0 Å². The van der Waals surface area contributed by atoms with Gasteiger partial charge < -0.3 is 9.31 Å². The van der Waals surface area contributed by atoms with Gasteiger partial charge >= 0.3 is 7.12 Å². The molecule has 2 heterocycles. The van der Waals surface area contributed by atoms with Crippen LogP contribution >= 0.6 is 0 Å². The van der Waals surface area contributed by atoms with Gasteiger partial charge in [-0.1, -0.05) is 0 Å². The maximum Gasteiger partial charge on any atom is 0.518 e. The van der Waals surface area contributed by atoms with Crippen LogP contribution in [0.25, 0.3) is 0 Å². The number of aromatic nitrogens is 3. The van der Waals surface area contributed by atoms with Crippen LogP contribution in [0.3, 0.4) is 0 Å². The fraction of sp³-hybridized carbons (Fsp3) is 0.800. The Hall–Kier alpha value is -0.875. The van der Waals surface area contributed by atoms with E-state index in [4.69, 9.17) is 9.31 Å². The Morgan fingerprint density at radius 3 is 2.25 bits per heavy atom. The highest BCUT2D eigenvalue weighted by molar-refractivity contribution is 6.61. The molecule has 1 aliphatic rings. The minimum Gasteiger partial charge on any atom is -0.398 e. The Labute approximate surface area is 96.3 Å². The van der Waals surface area contributed by atoms with Gasteiger partial charge in [0.15, 0.2) is 0 Å². The molecule has 5 nitrogen and oxygen atoms in total. The Morgan fingerprint density at radius 1 is 1.25 bits per heavy atom. The molecule has 0 N–H and O–H groups in total. The molecule has 0 radical (unpaired) electrons. The van der Waals surface area contributed by atoms with Gasteiger partial charge in [-0.25, -0.2) is 0 Å². The number of hydrogen-bond donors (Lipinski definition) is 0. The second-order valence-electron chi connectivity index (χ2n) is 5.05. The maximum atomic E-state index is 5.87. The third-order valence-electron chi connectivity index (χ3n) is 3.33. The first-order chi connectivity index (χ1) is 7.36. The van der Waals surface area contributed by atoms with E-state index in [1.165, 1.54) is 0 Å². The van der Waals surface area contributed by atoms with E-state index < -0.39 is 7.12 Å². The van der Waals surface area contributed by atoms with E-state index in [0.717, 1.165) is 12.1 Å². The molecule has 0 aliphatic carbocycles. The van der Waals surface area contributed by atoms with Gasteiger partial charge in [0.1, 0.15) is 5.59 Å². The van der Waals surface area contributed by atoms with Crippen LogP contribution < -0.4 is 5.59 Å². The number of hydrogen-bond acceptors (Lipinski definition) is 4. The largest absolute Gasteiger partial charge is 0.518 e. The van der Waals surface area contributed by atoms with Crippen molar-refractivity contribution in [3.05, 3.63) is 6.20 Å². The molecule has 88 valence electrons. The Bertz CT molecular complexity index is 373. The molecule has 1 aliphatic heterocycles. The second kappa shape index (κ2) is 3.57. The summed E-state index contributed by atoms with van der Waals surface area (Å²) >= 11 is 0. The summed E-state index contributed by atoms with van der Waals surface area (Å²) in [7, 11) is -0.412. The van der Waals surface area contributed by atoms with Crippen molar-refractivity contribution in [1.82, 2.24) is 15.0 Å². The summed E-state index contributed by atoms with van der Waals surface area (Å²) in [5.41, 5.74) is 0.0851. The van der Waals surface area contributed by atoms with Crippen molar-refractivity contribution in [3.8, 4) is 0 Å². The summed E-state index contributed by atoms with van der Waals surface area (Å²) in [6.45, 7) is 10.8. The van der Waals surface area contributed by atoms with Crippen molar-refractivity contribution in [3.63, 3.8) is 0 Å². The minimum atomic E-state index is -0.412. The first-order valence-electron chi connectivity index (χ1n) is 5.61. The first kappa shape index (κ1) is 11.6. The van der Waals surface area contributed by atoms with E-state index in [-0.39, 0.29) is 11.2 Å². The predicted octanol–water partition coefficient (Wildman–Crippen LogP) is 0.597. The molecule has 0 bridgehead atoms. The van der Waals surface area contributed by atoms with E-state index in [2.05, 4.69) is 10.2 Å². The van der Waals surface area contributed by atoms with Crippen LogP contribution in [0, 0.1) is 0 Å². The molecule has 0 amide bonds. The molecule has 0 atom stereocenters. The summed E-state index contributed by atoms with van der Waals surface area (Å²) in [4.78, 5) is 1.63. The summed E-state index contributed by atoms with van der Waals surface area (Å²) in [5, 5.41) is 8.42. The highest BCUT2D eigenvalue weighted by Gasteiger charge is 2.52. The summed E-state index contributed by atoms with van der Waals surface area (Å²) in [6.07, 6.45) is 1.70. The van der Waals surface area contributed by atoms with Gasteiger partial charge in [-0.15, -0.1) is 0 Å². The molecule has 0 unspecified atom stereocenters. The lowest BCUT2D eigenvalue weighted by molar-refractivity contribution is 0.00578.